The van der Waals surface area contributed by atoms with Crippen LogP contribution in [0.4, 0.5) is 0 Å². The quantitative estimate of drug-likeness (QED) is 0.584. The molecule has 3 fully saturated rings. The second-order valence-electron chi connectivity index (χ2n) is 9.30. The second kappa shape index (κ2) is 6.56. The van der Waals surface area contributed by atoms with E-state index in [1.54, 1.807) is 6.08 Å². The minimum absolute atomic E-state index is 0.0844. The highest BCUT2D eigenvalue weighted by molar-refractivity contribution is 5.86. The van der Waals surface area contributed by atoms with Crippen LogP contribution in [0.25, 0.3) is 0 Å². The van der Waals surface area contributed by atoms with Gasteiger partial charge in [-0.15, -0.1) is 6.58 Å². The van der Waals surface area contributed by atoms with Crippen molar-refractivity contribution in [1.82, 2.24) is 0 Å². The minimum atomic E-state index is -0.717. The van der Waals surface area contributed by atoms with Crippen molar-refractivity contribution < 1.29 is 24.5 Å². The van der Waals surface area contributed by atoms with Crippen LogP contribution in [0.15, 0.2) is 24.8 Å². The van der Waals surface area contributed by atoms with Crippen molar-refractivity contribution in [3.63, 3.8) is 0 Å². The summed E-state index contributed by atoms with van der Waals surface area (Å²) >= 11 is 0. The van der Waals surface area contributed by atoms with Crippen LogP contribution in [-0.4, -0.2) is 40.8 Å². The standard InChI is InChI=1S/C22H32O5/c1-6-20(4)11-16(27-17(25)12-23)21(5)13(2)7-9-22(14(3)19(20)26)10-8-15(24)18(21)22/h6,14,16,18-19,23,26H,1-2,7-12H2,3-5H3/t14-,16+,18?,19-,20+,21-,22-/m0/s1. The molecule has 5 heteroatoms. The molecule has 0 radical (unpaired) electrons. The van der Waals surface area contributed by atoms with Gasteiger partial charge in [0.15, 0.2) is 0 Å². The van der Waals surface area contributed by atoms with E-state index in [4.69, 9.17) is 4.74 Å². The van der Waals surface area contributed by atoms with Crippen LogP contribution >= 0.6 is 0 Å². The number of rotatable bonds is 3. The molecule has 3 aliphatic carbocycles. The van der Waals surface area contributed by atoms with E-state index in [9.17, 15) is 19.8 Å². The zero-order valence-corrected chi connectivity index (χ0v) is 16.7. The average Bonchev–Trinajstić information content (AvgIpc) is 3.00. The number of Topliss-reactive ketones (excluding diaryl/α,β-unsaturated/α-hetero) is 1. The maximum absolute atomic E-state index is 13.1. The first-order valence-electron chi connectivity index (χ1n) is 9.90. The number of carbonyl (C=O) groups excluding carboxylic acids is 2. The van der Waals surface area contributed by atoms with Gasteiger partial charge in [0.1, 0.15) is 18.5 Å². The second-order valence-corrected chi connectivity index (χ2v) is 9.30. The normalized spacial score (nSPS) is 47.0. The minimum Gasteiger partial charge on any atom is -0.460 e. The molecule has 0 heterocycles. The summed E-state index contributed by atoms with van der Waals surface area (Å²) in [4.78, 5) is 25.1. The summed E-state index contributed by atoms with van der Waals surface area (Å²) in [6.45, 7) is 13.5. The van der Waals surface area contributed by atoms with Crippen LogP contribution in [0, 0.1) is 28.1 Å². The van der Waals surface area contributed by atoms with Gasteiger partial charge >= 0.3 is 5.97 Å². The first kappa shape index (κ1) is 20.3. The van der Waals surface area contributed by atoms with E-state index in [0.717, 1.165) is 24.8 Å². The number of hydrogen-bond donors (Lipinski definition) is 2. The Hall–Kier alpha value is -1.46. The third kappa shape index (κ3) is 2.65. The number of esters is 1. The van der Waals surface area contributed by atoms with Gasteiger partial charge in [0, 0.05) is 23.2 Å². The molecule has 7 atom stereocenters. The summed E-state index contributed by atoms with van der Waals surface area (Å²) in [5.41, 5.74) is -0.803. The Morgan fingerprint density at radius 2 is 1.96 bits per heavy atom. The van der Waals surface area contributed by atoms with Crippen molar-refractivity contribution >= 4 is 11.8 Å². The van der Waals surface area contributed by atoms with Gasteiger partial charge in [-0.25, -0.2) is 4.79 Å². The third-order valence-electron chi connectivity index (χ3n) is 8.21. The highest BCUT2D eigenvalue weighted by Gasteiger charge is 2.67. The van der Waals surface area contributed by atoms with E-state index in [1.165, 1.54) is 0 Å². The molecule has 0 spiro atoms. The summed E-state index contributed by atoms with van der Waals surface area (Å²) in [7, 11) is 0. The molecule has 0 aromatic heterocycles. The fourth-order valence-electron chi connectivity index (χ4n) is 6.34. The molecule has 0 aromatic rings. The number of ketones is 1. The van der Waals surface area contributed by atoms with Gasteiger partial charge in [0.05, 0.1) is 6.10 Å². The summed E-state index contributed by atoms with van der Waals surface area (Å²) < 4.78 is 5.71. The molecular weight excluding hydrogens is 344 g/mol. The van der Waals surface area contributed by atoms with E-state index in [2.05, 4.69) is 13.2 Å². The molecule has 0 amide bonds. The van der Waals surface area contributed by atoms with E-state index in [-0.39, 0.29) is 23.0 Å². The van der Waals surface area contributed by atoms with Crippen molar-refractivity contribution in [1.29, 1.82) is 0 Å². The first-order valence-corrected chi connectivity index (χ1v) is 9.90. The van der Waals surface area contributed by atoms with Gasteiger partial charge in [-0.1, -0.05) is 39.0 Å². The molecule has 150 valence electrons. The molecule has 0 aromatic carbocycles. The lowest BCUT2D eigenvalue weighted by atomic mass is 9.45. The third-order valence-corrected chi connectivity index (χ3v) is 8.21. The molecule has 2 bridgehead atoms. The fourth-order valence-corrected chi connectivity index (χ4v) is 6.34. The Bertz CT molecular complexity index is 684. The molecular formula is C22H32O5. The lowest BCUT2D eigenvalue weighted by Gasteiger charge is -2.60. The van der Waals surface area contributed by atoms with E-state index in [1.807, 2.05) is 20.8 Å². The Labute approximate surface area is 161 Å². The maximum atomic E-state index is 13.1. The smallest absolute Gasteiger partial charge is 0.332 e. The van der Waals surface area contributed by atoms with Crippen LogP contribution in [0.3, 0.4) is 0 Å². The fraction of sp³-hybridized carbons (Fsp3) is 0.727. The van der Waals surface area contributed by atoms with E-state index >= 15 is 0 Å². The Morgan fingerprint density at radius 1 is 1.33 bits per heavy atom. The number of ether oxygens (including phenoxy) is 1. The molecule has 3 saturated carbocycles. The predicted octanol–water partition coefficient (Wildman–Crippen LogP) is 2.81. The van der Waals surface area contributed by atoms with Crippen molar-refractivity contribution in [2.45, 2.75) is 65.1 Å². The van der Waals surface area contributed by atoms with Gasteiger partial charge in [-0.2, -0.15) is 0 Å². The Balaban J connectivity index is 2.22. The monoisotopic (exact) mass is 376 g/mol. The van der Waals surface area contributed by atoms with Crippen molar-refractivity contribution in [2.24, 2.45) is 28.1 Å². The molecule has 3 aliphatic rings. The highest BCUT2D eigenvalue weighted by Crippen LogP contribution is 2.67. The maximum Gasteiger partial charge on any atom is 0.332 e. The summed E-state index contributed by atoms with van der Waals surface area (Å²) in [6.07, 6.45) is 3.50. The summed E-state index contributed by atoms with van der Waals surface area (Å²) in [5, 5.41) is 20.6. The highest BCUT2D eigenvalue weighted by atomic mass is 16.6. The van der Waals surface area contributed by atoms with E-state index < -0.39 is 35.6 Å². The van der Waals surface area contributed by atoms with Crippen LogP contribution in [0.5, 0.6) is 0 Å². The molecule has 2 N–H and O–H groups in total. The summed E-state index contributed by atoms with van der Waals surface area (Å²) in [6, 6.07) is 0. The molecule has 1 unspecified atom stereocenters. The Morgan fingerprint density at radius 3 is 2.56 bits per heavy atom. The van der Waals surface area contributed by atoms with Crippen LogP contribution in [0.2, 0.25) is 0 Å². The van der Waals surface area contributed by atoms with Crippen molar-refractivity contribution in [3.8, 4) is 0 Å². The zero-order chi connectivity index (χ0) is 20.2. The SMILES string of the molecule is C=C[C@]1(C)C[C@@H](OC(=O)CO)[C@]2(C)C(=C)CC[C@]3(CCC(=O)C32)[C@@H](C)[C@@H]1O. The first-order chi connectivity index (χ1) is 12.6. The van der Waals surface area contributed by atoms with Gasteiger partial charge < -0.3 is 14.9 Å². The average molecular weight is 376 g/mol. The predicted molar refractivity (Wildman–Crippen MR) is 102 cm³/mol. The largest absolute Gasteiger partial charge is 0.460 e. The lowest BCUT2D eigenvalue weighted by Crippen LogP contribution is -2.61. The van der Waals surface area contributed by atoms with Crippen LogP contribution < -0.4 is 0 Å². The van der Waals surface area contributed by atoms with Crippen LogP contribution in [-0.2, 0) is 14.3 Å². The lowest BCUT2D eigenvalue weighted by molar-refractivity contribution is -0.185. The topological polar surface area (TPSA) is 83.8 Å². The number of aliphatic hydroxyl groups is 2. The van der Waals surface area contributed by atoms with Gasteiger partial charge in [-0.05, 0) is 37.0 Å². The molecule has 0 aliphatic heterocycles. The van der Waals surface area contributed by atoms with Gasteiger partial charge in [-0.3, -0.25) is 4.79 Å². The summed E-state index contributed by atoms with van der Waals surface area (Å²) in [5.74, 6) is -0.963. The number of aliphatic hydroxyl groups excluding tert-OH is 2. The van der Waals surface area contributed by atoms with E-state index in [0.29, 0.717) is 12.8 Å². The molecule has 0 saturated heterocycles. The Kier molecular flexibility index (Phi) is 4.92. The molecule has 3 rings (SSSR count). The van der Waals surface area contributed by atoms with Crippen LogP contribution in [0.1, 0.15) is 52.9 Å². The van der Waals surface area contributed by atoms with Gasteiger partial charge in [0.25, 0.3) is 0 Å². The zero-order valence-electron chi connectivity index (χ0n) is 16.7. The molecule has 5 nitrogen and oxygen atoms in total. The van der Waals surface area contributed by atoms with Crippen molar-refractivity contribution in [2.75, 3.05) is 6.61 Å². The molecule has 27 heavy (non-hydrogen) atoms. The number of carbonyl (C=O) groups is 2. The van der Waals surface area contributed by atoms with Gasteiger partial charge in [0.2, 0.25) is 0 Å². The van der Waals surface area contributed by atoms with Crippen molar-refractivity contribution in [3.05, 3.63) is 24.8 Å². The number of hydrogen-bond acceptors (Lipinski definition) is 5.